The first-order valence-electron chi connectivity index (χ1n) is 7.72. The van der Waals surface area contributed by atoms with Gasteiger partial charge in [-0.2, -0.15) is 0 Å². The second-order valence-electron chi connectivity index (χ2n) is 6.24. The third-order valence-corrected chi connectivity index (χ3v) is 3.88. The number of aryl methyl sites for hydroxylation is 1. The van der Waals surface area contributed by atoms with Gasteiger partial charge in [-0.15, -0.1) is 0 Å². The summed E-state index contributed by atoms with van der Waals surface area (Å²) in [6.45, 7) is 9.24. The Bertz CT molecular complexity index is 501. The van der Waals surface area contributed by atoms with E-state index in [1.807, 2.05) is 13.0 Å². The quantitative estimate of drug-likeness (QED) is 0.866. The highest BCUT2D eigenvalue weighted by Crippen LogP contribution is 2.22. The van der Waals surface area contributed by atoms with Crippen LogP contribution in [0.5, 0.6) is 0 Å². The predicted molar refractivity (Wildman–Crippen MR) is 85.6 cm³/mol. The van der Waals surface area contributed by atoms with Gasteiger partial charge in [0.25, 0.3) is 0 Å². The van der Waals surface area contributed by atoms with Crippen molar-refractivity contribution in [1.82, 2.24) is 10.3 Å². The Kier molecular flexibility index (Phi) is 5.17. The summed E-state index contributed by atoms with van der Waals surface area (Å²) in [4.78, 5) is 18.2. The minimum absolute atomic E-state index is 0.392. The molecule has 2 heterocycles. The van der Waals surface area contributed by atoms with Crippen molar-refractivity contribution in [1.29, 1.82) is 0 Å². The lowest BCUT2D eigenvalue weighted by atomic mass is 9.97. The number of primary amides is 1. The normalized spacial score (nSPS) is 19.0. The molecular formula is C16H26N4O. The second kappa shape index (κ2) is 6.89. The Balaban J connectivity index is 2.08. The largest absolute Gasteiger partial charge is 0.366 e. The maximum Gasteiger partial charge on any atom is 0.248 e. The summed E-state index contributed by atoms with van der Waals surface area (Å²) < 4.78 is 0. The molecule has 1 aliphatic heterocycles. The van der Waals surface area contributed by atoms with Gasteiger partial charge in [-0.05, 0) is 44.4 Å². The van der Waals surface area contributed by atoms with E-state index in [0.29, 0.717) is 17.5 Å². The maximum atomic E-state index is 11.4. The number of carbonyl (C=O) groups excluding carboxylic acids is 1. The molecule has 0 bridgehead atoms. The van der Waals surface area contributed by atoms with Crippen LogP contribution in [0.3, 0.4) is 0 Å². The minimum Gasteiger partial charge on any atom is -0.366 e. The molecule has 5 nitrogen and oxygen atoms in total. The predicted octanol–water partition coefficient (Wildman–Crippen LogP) is 1.70. The van der Waals surface area contributed by atoms with Crippen molar-refractivity contribution in [3.05, 3.63) is 23.4 Å². The molecule has 0 radical (unpaired) electrons. The lowest BCUT2D eigenvalue weighted by Gasteiger charge is -2.34. The fraction of sp³-hybridized carbons (Fsp3) is 0.625. The molecule has 1 aliphatic rings. The molecule has 1 amide bonds. The van der Waals surface area contributed by atoms with Crippen LogP contribution in [-0.2, 0) is 0 Å². The van der Waals surface area contributed by atoms with E-state index < -0.39 is 5.91 Å². The van der Waals surface area contributed by atoms with Crippen molar-refractivity contribution in [3.63, 3.8) is 0 Å². The van der Waals surface area contributed by atoms with Crippen LogP contribution in [-0.4, -0.2) is 36.6 Å². The van der Waals surface area contributed by atoms with E-state index in [-0.39, 0.29) is 0 Å². The summed E-state index contributed by atoms with van der Waals surface area (Å²) in [6, 6.07) is 4.07. The summed E-state index contributed by atoms with van der Waals surface area (Å²) in [7, 11) is 0. The van der Waals surface area contributed by atoms with Gasteiger partial charge in [0.2, 0.25) is 5.91 Å². The van der Waals surface area contributed by atoms with Gasteiger partial charge in [0.05, 0.1) is 0 Å². The van der Waals surface area contributed by atoms with Crippen LogP contribution in [0.4, 0.5) is 5.82 Å². The number of carbonyl (C=O) groups is 1. The van der Waals surface area contributed by atoms with E-state index in [9.17, 15) is 4.79 Å². The molecule has 0 aliphatic carbocycles. The van der Waals surface area contributed by atoms with Gasteiger partial charge in [0, 0.05) is 30.4 Å². The molecule has 2 rings (SSSR count). The number of nitrogens with one attached hydrogen (secondary N) is 1. The summed E-state index contributed by atoms with van der Waals surface area (Å²) in [5, 5.41) is 3.51. The Morgan fingerprint density at radius 1 is 1.52 bits per heavy atom. The first kappa shape index (κ1) is 15.8. The average molecular weight is 290 g/mol. The second-order valence-corrected chi connectivity index (χ2v) is 6.24. The van der Waals surface area contributed by atoms with Crippen molar-refractivity contribution in [2.24, 2.45) is 11.7 Å². The summed E-state index contributed by atoms with van der Waals surface area (Å²) in [6.07, 6.45) is 2.40. The molecule has 1 aromatic rings. The highest BCUT2D eigenvalue weighted by Gasteiger charge is 2.21. The van der Waals surface area contributed by atoms with E-state index in [2.05, 4.69) is 29.0 Å². The van der Waals surface area contributed by atoms with Gasteiger partial charge < -0.3 is 16.0 Å². The minimum atomic E-state index is -0.392. The van der Waals surface area contributed by atoms with E-state index in [1.165, 1.54) is 6.42 Å². The molecule has 1 fully saturated rings. The van der Waals surface area contributed by atoms with Crippen LogP contribution in [0.1, 0.15) is 42.7 Å². The zero-order chi connectivity index (χ0) is 15.4. The zero-order valence-corrected chi connectivity index (χ0v) is 13.2. The molecule has 1 saturated heterocycles. The van der Waals surface area contributed by atoms with Crippen molar-refractivity contribution < 1.29 is 4.79 Å². The SMILES string of the molecule is Cc1cc(C(N)=O)cc(N2CCCC(CNC(C)C)C2)n1. The summed E-state index contributed by atoms with van der Waals surface area (Å²) >= 11 is 0. The highest BCUT2D eigenvalue weighted by molar-refractivity contribution is 5.93. The van der Waals surface area contributed by atoms with Crippen molar-refractivity contribution in [2.45, 2.75) is 39.7 Å². The van der Waals surface area contributed by atoms with Crippen LogP contribution >= 0.6 is 0 Å². The van der Waals surface area contributed by atoms with Gasteiger partial charge in [0.15, 0.2) is 0 Å². The van der Waals surface area contributed by atoms with Crippen LogP contribution in [0, 0.1) is 12.8 Å². The van der Waals surface area contributed by atoms with Crippen molar-refractivity contribution in [2.75, 3.05) is 24.5 Å². The number of hydrogen-bond acceptors (Lipinski definition) is 4. The number of anilines is 1. The van der Waals surface area contributed by atoms with Gasteiger partial charge in [-0.3, -0.25) is 4.79 Å². The van der Waals surface area contributed by atoms with E-state index in [4.69, 9.17) is 5.73 Å². The van der Waals surface area contributed by atoms with E-state index in [0.717, 1.165) is 37.6 Å². The third kappa shape index (κ3) is 4.43. The first-order valence-corrected chi connectivity index (χ1v) is 7.72. The molecule has 0 saturated carbocycles. The number of rotatable bonds is 5. The summed E-state index contributed by atoms with van der Waals surface area (Å²) in [5.41, 5.74) is 6.77. The average Bonchev–Trinajstić information content (AvgIpc) is 2.44. The maximum absolute atomic E-state index is 11.4. The van der Waals surface area contributed by atoms with Gasteiger partial charge >= 0.3 is 0 Å². The van der Waals surface area contributed by atoms with Gasteiger partial charge in [0.1, 0.15) is 5.82 Å². The molecule has 116 valence electrons. The van der Waals surface area contributed by atoms with Crippen LogP contribution in [0.15, 0.2) is 12.1 Å². The number of amides is 1. The molecule has 1 atom stereocenters. The Labute approximate surface area is 126 Å². The van der Waals surface area contributed by atoms with Gasteiger partial charge in [-0.1, -0.05) is 13.8 Å². The lowest BCUT2D eigenvalue weighted by Crippen LogP contribution is -2.41. The Morgan fingerprint density at radius 2 is 2.29 bits per heavy atom. The van der Waals surface area contributed by atoms with Crippen molar-refractivity contribution in [3.8, 4) is 0 Å². The number of aromatic nitrogens is 1. The number of nitrogens with two attached hydrogens (primary N) is 1. The van der Waals surface area contributed by atoms with Crippen LogP contribution in [0.2, 0.25) is 0 Å². The Morgan fingerprint density at radius 3 is 2.95 bits per heavy atom. The topological polar surface area (TPSA) is 71.2 Å². The number of hydrogen-bond donors (Lipinski definition) is 2. The lowest BCUT2D eigenvalue weighted by molar-refractivity contribution is 0.1000. The summed E-state index contributed by atoms with van der Waals surface area (Å²) in [5.74, 6) is 1.11. The molecule has 1 unspecified atom stereocenters. The monoisotopic (exact) mass is 290 g/mol. The van der Waals surface area contributed by atoms with Crippen LogP contribution < -0.4 is 16.0 Å². The van der Waals surface area contributed by atoms with Crippen molar-refractivity contribution >= 4 is 11.7 Å². The number of pyridine rings is 1. The fourth-order valence-corrected chi connectivity index (χ4v) is 2.80. The van der Waals surface area contributed by atoms with E-state index >= 15 is 0 Å². The third-order valence-electron chi connectivity index (χ3n) is 3.88. The molecule has 1 aromatic heterocycles. The number of piperidine rings is 1. The molecular weight excluding hydrogens is 264 g/mol. The Hall–Kier alpha value is -1.62. The van der Waals surface area contributed by atoms with Crippen LogP contribution in [0.25, 0.3) is 0 Å². The first-order chi connectivity index (χ1) is 9.95. The molecule has 0 aromatic carbocycles. The van der Waals surface area contributed by atoms with Gasteiger partial charge in [-0.25, -0.2) is 4.98 Å². The molecule has 3 N–H and O–H groups in total. The fourth-order valence-electron chi connectivity index (χ4n) is 2.80. The standard InChI is InChI=1S/C16H26N4O/c1-11(2)18-9-13-5-4-6-20(10-13)15-8-14(16(17)21)7-12(3)19-15/h7-8,11,13,18H,4-6,9-10H2,1-3H3,(H2,17,21). The molecule has 0 spiro atoms. The number of nitrogens with zero attached hydrogens (tertiary/aromatic N) is 2. The zero-order valence-electron chi connectivity index (χ0n) is 13.2. The molecule has 21 heavy (non-hydrogen) atoms. The molecule has 5 heteroatoms. The smallest absolute Gasteiger partial charge is 0.248 e. The van der Waals surface area contributed by atoms with E-state index in [1.54, 1.807) is 6.07 Å². The highest BCUT2D eigenvalue weighted by atomic mass is 16.1.